The fourth-order valence-corrected chi connectivity index (χ4v) is 4.62. The highest BCUT2D eigenvalue weighted by molar-refractivity contribution is 7.22. The number of benzene rings is 1. The molecule has 1 fully saturated rings. The van der Waals surface area contributed by atoms with Gasteiger partial charge in [0.2, 0.25) is 0 Å². The summed E-state index contributed by atoms with van der Waals surface area (Å²) in [5.74, 6) is 0.774. The van der Waals surface area contributed by atoms with Gasteiger partial charge in [0.25, 0.3) is 0 Å². The summed E-state index contributed by atoms with van der Waals surface area (Å²) in [5, 5.41) is 17.4. The van der Waals surface area contributed by atoms with E-state index in [1.54, 1.807) is 17.5 Å². The molecule has 3 N–H and O–H groups in total. The van der Waals surface area contributed by atoms with Crippen molar-refractivity contribution in [3.05, 3.63) is 48.2 Å². The molecule has 0 radical (unpaired) electrons. The van der Waals surface area contributed by atoms with Crippen molar-refractivity contribution in [1.29, 1.82) is 0 Å². The van der Waals surface area contributed by atoms with Gasteiger partial charge >= 0.3 is 0 Å². The minimum atomic E-state index is 0.0126. The number of thiophene rings is 1. The number of carbonyl (C=O) groups excluding carboxylic acids is 1. The topological polar surface area (TPSA) is 74.2 Å². The summed E-state index contributed by atoms with van der Waals surface area (Å²) in [6, 6.07) is 12.4. The largest absolute Gasteiger partial charge is 0.395 e. The van der Waals surface area contributed by atoms with Gasteiger partial charge in [-0.25, -0.2) is 4.98 Å². The molecule has 1 saturated heterocycles. The Morgan fingerprint density at radius 2 is 2.19 bits per heavy atom. The van der Waals surface area contributed by atoms with E-state index >= 15 is 0 Å². The maximum atomic E-state index is 11.5. The molecule has 4 rings (SSSR count). The van der Waals surface area contributed by atoms with Gasteiger partial charge in [-0.2, -0.15) is 0 Å². The van der Waals surface area contributed by atoms with E-state index in [9.17, 15) is 9.90 Å². The number of hydrogen-bond acceptors (Lipinski definition) is 6. The van der Waals surface area contributed by atoms with Gasteiger partial charge in [0, 0.05) is 22.5 Å². The van der Waals surface area contributed by atoms with E-state index in [1.165, 1.54) is 0 Å². The molecule has 1 aliphatic rings. The third-order valence-electron chi connectivity index (χ3n) is 4.87. The number of aromatic nitrogens is 1. The van der Waals surface area contributed by atoms with Crippen molar-refractivity contribution in [3.8, 4) is 10.4 Å². The van der Waals surface area contributed by atoms with Crippen molar-refractivity contribution in [2.24, 2.45) is 0 Å². The van der Waals surface area contributed by atoms with Crippen LogP contribution < -0.4 is 10.6 Å². The van der Waals surface area contributed by atoms with Crippen LogP contribution >= 0.6 is 11.3 Å². The summed E-state index contributed by atoms with van der Waals surface area (Å²) in [5.41, 5.74) is 1.74. The van der Waals surface area contributed by atoms with Gasteiger partial charge in [-0.3, -0.25) is 4.79 Å². The summed E-state index contributed by atoms with van der Waals surface area (Å²) in [6.45, 7) is 1.01. The van der Waals surface area contributed by atoms with E-state index in [0.717, 1.165) is 52.0 Å². The van der Waals surface area contributed by atoms with Crippen LogP contribution in [0, 0.1) is 0 Å². The fraction of sp³-hybridized carbons (Fsp3) is 0.300. The summed E-state index contributed by atoms with van der Waals surface area (Å²) in [4.78, 5) is 17.1. The van der Waals surface area contributed by atoms with E-state index in [0.29, 0.717) is 5.56 Å². The molecule has 2 aromatic heterocycles. The highest BCUT2D eigenvalue weighted by Gasteiger charge is 2.25. The second-order valence-electron chi connectivity index (χ2n) is 6.54. The predicted octanol–water partition coefficient (Wildman–Crippen LogP) is 3.30. The van der Waals surface area contributed by atoms with E-state index in [1.807, 2.05) is 18.2 Å². The normalized spacial score (nSPS) is 20.2. The lowest BCUT2D eigenvalue weighted by molar-refractivity contribution is 0.112. The second-order valence-corrected chi connectivity index (χ2v) is 7.59. The first-order valence-electron chi connectivity index (χ1n) is 8.84. The quantitative estimate of drug-likeness (QED) is 0.604. The Balaban J connectivity index is 1.75. The molecule has 1 aromatic carbocycles. The van der Waals surface area contributed by atoms with Crippen molar-refractivity contribution in [2.75, 3.05) is 18.5 Å². The van der Waals surface area contributed by atoms with Gasteiger partial charge in [-0.1, -0.05) is 30.3 Å². The molecule has 26 heavy (non-hydrogen) atoms. The van der Waals surface area contributed by atoms with Crippen LogP contribution in [0.25, 0.3) is 20.5 Å². The van der Waals surface area contributed by atoms with Crippen LogP contribution in [0.15, 0.2) is 42.6 Å². The molecule has 2 unspecified atom stereocenters. The SMILES string of the molecule is O=Cc1cnc(NC2CCCNC2CO)c2cc(-c3ccccc3)sc12. The maximum absolute atomic E-state index is 11.5. The Labute approximate surface area is 156 Å². The number of piperidine rings is 1. The first-order chi connectivity index (χ1) is 12.8. The smallest absolute Gasteiger partial charge is 0.153 e. The van der Waals surface area contributed by atoms with Crippen molar-refractivity contribution in [2.45, 2.75) is 24.9 Å². The van der Waals surface area contributed by atoms with Crippen LogP contribution in [0.2, 0.25) is 0 Å². The average Bonchev–Trinajstić information content (AvgIpc) is 3.15. The minimum absolute atomic E-state index is 0.0126. The van der Waals surface area contributed by atoms with Crippen molar-refractivity contribution < 1.29 is 9.90 Å². The zero-order valence-corrected chi connectivity index (χ0v) is 15.1. The number of nitrogens with zero attached hydrogens (tertiary/aromatic N) is 1. The maximum Gasteiger partial charge on any atom is 0.153 e. The minimum Gasteiger partial charge on any atom is -0.395 e. The number of aldehydes is 1. The molecular formula is C20H21N3O2S. The second kappa shape index (κ2) is 7.53. The fourth-order valence-electron chi connectivity index (χ4n) is 3.48. The average molecular weight is 367 g/mol. The highest BCUT2D eigenvalue weighted by Crippen LogP contribution is 2.38. The lowest BCUT2D eigenvalue weighted by Gasteiger charge is -2.32. The van der Waals surface area contributed by atoms with Crippen LogP contribution in [0.3, 0.4) is 0 Å². The molecule has 3 aromatic rings. The molecule has 134 valence electrons. The predicted molar refractivity (Wildman–Crippen MR) is 106 cm³/mol. The Morgan fingerprint density at radius 1 is 1.35 bits per heavy atom. The van der Waals surface area contributed by atoms with Crippen LogP contribution in [-0.4, -0.2) is 41.6 Å². The summed E-state index contributed by atoms with van der Waals surface area (Å²) in [6.07, 6.45) is 4.53. The number of hydrogen-bond donors (Lipinski definition) is 3. The van der Waals surface area contributed by atoms with Gasteiger partial charge < -0.3 is 15.7 Å². The molecule has 0 amide bonds. The molecule has 6 heteroatoms. The van der Waals surface area contributed by atoms with Gasteiger partial charge in [0.15, 0.2) is 6.29 Å². The summed E-state index contributed by atoms with van der Waals surface area (Å²) >= 11 is 1.61. The van der Waals surface area contributed by atoms with Crippen LogP contribution in [0.4, 0.5) is 5.82 Å². The van der Waals surface area contributed by atoms with Gasteiger partial charge in [0.05, 0.1) is 22.9 Å². The van der Waals surface area contributed by atoms with Crippen LogP contribution in [0.1, 0.15) is 23.2 Å². The number of rotatable bonds is 5. The molecule has 1 aliphatic heterocycles. The van der Waals surface area contributed by atoms with Gasteiger partial charge in [-0.15, -0.1) is 11.3 Å². The van der Waals surface area contributed by atoms with Crippen LogP contribution in [0.5, 0.6) is 0 Å². The van der Waals surface area contributed by atoms with Crippen molar-refractivity contribution in [1.82, 2.24) is 10.3 Å². The number of anilines is 1. The van der Waals surface area contributed by atoms with E-state index in [2.05, 4.69) is 33.8 Å². The standard InChI is InChI=1S/C20H21N3O2S/c24-11-14-10-22-20(23-16-7-4-8-21-17(16)12-25)15-9-18(26-19(14)15)13-5-2-1-3-6-13/h1-3,5-6,9-11,16-17,21,25H,4,7-8,12H2,(H,22,23). The first-order valence-corrected chi connectivity index (χ1v) is 9.65. The first kappa shape index (κ1) is 17.1. The van der Waals surface area contributed by atoms with Crippen molar-refractivity contribution >= 4 is 33.5 Å². The van der Waals surface area contributed by atoms with Gasteiger partial charge in [-0.05, 0) is 31.0 Å². The third-order valence-corrected chi connectivity index (χ3v) is 6.10. The Bertz CT molecular complexity index is 910. The lowest BCUT2D eigenvalue weighted by atomic mass is 9.99. The molecule has 5 nitrogen and oxygen atoms in total. The Hall–Kier alpha value is -2.28. The molecule has 0 bridgehead atoms. The van der Waals surface area contributed by atoms with E-state index in [4.69, 9.17) is 0 Å². The Morgan fingerprint density at radius 3 is 2.96 bits per heavy atom. The zero-order valence-electron chi connectivity index (χ0n) is 14.3. The summed E-state index contributed by atoms with van der Waals surface area (Å²) < 4.78 is 0.945. The molecule has 0 saturated carbocycles. The van der Waals surface area contributed by atoms with E-state index < -0.39 is 0 Å². The molecular weight excluding hydrogens is 346 g/mol. The number of aliphatic hydroxyl groups excluding tert-OH is 1. The molecule has 3 heterocycles. The highest BCUT2D eigenvalue weighted by atomic mass is 32.1. The number of fused-ring (bicyclic) bond motifs is 1. The zero-order chi connectivity index (χ0) is 17.9. The van der Waals surface area contributed by atoms with Gasteiger partial charge in [0.1, 0.15) is 5.82 Å². The number of aliphatic hydroxyl groups is 1. The lowest BCUT2D eigenvalue weighted by Crippen LogP contribution is -2.50. The third kappa shape index (κ3) is 3.23. The van der Waals surface area contributed by atoms with Crippen LogP contribution in [-0.2, 0) is 0 Å². The molecule has 0 spiro atoms. The summed E-state index contributed by atoms with van der Waals surface area (Å²) in [7, 11) is 0. The molecule has 0 aliphatic carbocycles. The monoisotopic (exact) mass is 367 g/mol. The number of pyridine rings is 1. The number of nitrogens with one attached hydrogen (secondary N) is 2. The molecule has 2 atom stereocenters. The van der Waals surface area contributed by atoms with E-state index in [-0.39, 0.29) is 18.7 Å². The Kier molecular flexibility index (Phi) is 4.97. The number of carbonyl (C=O) groups is 1. The van der Waals surface area contributed by atoms with Crippen molar-refractivity contribution in [3.63, 3.8) is 0 Å².